The van der Waals surface area contributed by atoms with Crippen LogP contribution in [0.1, 0.15) is 47.6 Å². The molecule has 9 nitrogen and oxygen atoms in total. The number of carbonyl (C=O) groups is 1. The van der Waals surface area contributed by atoms with Gasteiger partial charge in [0.25, 0.3) is 5.91 Å². The Balaban J connectivity index is 1.53. The molecule has 9 heteroatoms. The molecule has 1 fully saturated rings. The first kappa shape index (κ1) is 19.9. The SMILES string of the molecule is Cc1ccnc(NC(=O)c2ccc(-n3c(=O)n(C4CCCC4)c4ncnc(N)c43)cc2)c1. The van der Waals surface area contributed by atoms with Crippen LogP contribution in [0.3, 0.4) is 0 Å². The molecule has 3 heterocycles. The van der Waals surface area contributed by atoms with Gasteiger partial charge < -0.3 is 11.1 Å². The fourth-order valence-corrected chi connectivity index (χ4v) is 4.35. The van der Waals surface area contributed by atoms with Gasteiger partial charge in [0.2, 0.25) is 0 Å². The van der Waals surface area contributed by atoms with Crippen LogP contribution in [0.4, 0.5) is 11.6 Å². The van der Waals surface area contributed by atoms with E-state index in [-0.39, 0.29) is 23.5 Å². The van der Waals surface area contributed by atoms with Crippen LogP contribution in [0, 0.1) is 6.92 Å². The van der Waals surface area contributed by atoms with Gasteiger partial charge in [0, 0.05) is 17.8 Å². The number of amides is 1. The first-order valence-electron chi connectivity index (χ1n) is 10.6. The lowest BCUT2D eigenvalue weighted by Crippen LogP contribution is -2.26. The van der Waals surface area contributed by atoms with Crippen molar-refractivity contribution in [2.24, 2.45) is 0 Å². The number of carbonyl (C=O) groups excluding carboxylic acids is 1. The van der Waals surface area contributed by atoms with Crippen LogP contribution in [0.15, 0.2) is 53.7 Å². The molecule has 1 amide bonds. The van der Waals surface area contributed by atoms with Crippen molar-refractivity contribution in [1.82, 2.24) is 24.1 Å². The van der Waals surface area contributed by atoms with Crippen molar-refractivity contribution < 1.29 is 4.79 Å². The molecule has 0 bridgehead atoms. The summed E-state index contributed by atoms with van der Waals surface area (Å²) in [4.78, 5) is 38.7. The summed E-state index contributed by atoms with van der Waals surface area (Å²) in [5.41, 5.74) is 9.05. The van der Waals surface area contributed by atoms with Crippen LogP contribution in [-0.2, 0) is 0 Å². The summed E-state index contributed by atoms with van der Waals surface area (Å²) in [7, 11) is 0. The molecule has 5 rings (SSSR count). The largest absolute Gasteiger partial charge is 0.382 e. The van der Waals surface area contributed by atoms with Crippen LogP contribution in [0.5, 0.6) is 0 Å². The van der Waals surface area contributed by atoms with Crippen molar-refractivity contribution in [1.29, 1.82) is 0 Å². The Hall–Kier alpha value is -4.01. The minimum Gasteiger partial charge on any atom is -0.382 e. The third-order valence-corrected chi connectivity index (χ3v) is 5.92. The molecule has 4 aromatic rings. The molecule has 0 spiro atoms. The van der Waals surface area contributed by atoms with Crippen molar-refractivity contribution in [3.8, 4) is 5.69 Å². The summed E-state index contributed by atoms with van der Waals surface area (Å²) in [5, 5.41) is 2.79. The number of pyridine rings is 1. The summed E-state index contributed by atoms with van der Waals surface area (Å²) in [6.07, 6.45) is 7.09. The quantitative estimate of drug-likeness (QED) is 0.514. The van der Waals surface area contributed by atoms with Crippen molar-refractivity contribution in [2.75, 3.05) is 11.1 Å². The highest BCUT2D eigenvalue weighted by atomic mass is 16.2. The maximum atomic E-state index is 13.4. The molecule has 3 aromatic heterocycles. The topological polar surface area (TPSA) is 121 Å². The third kappa shape index (κ3) is 3.41. The standard InChI is InChI=1S/C23H23N7O2/c1-14-10-11-25-18(12-14)28-22(31)15-6-8-17(9-7-15)29-19-20(24)26-13-27-21(19)30(23(29)32)16-4-2-3-5-16/h6-13,16H,2-5H2,1H3,(H2,24,26,27)(H,25,28,31). The highest BCUT2D eigenvalue weighted by molar-refractivity contribution is 6.03. The lowest BCUT2D eigenvalue weighted by Gasteiger charge is -2.10. The number of nitrogen functional groups attached to an aromatic ring is 1. The van der Waals surface area contributed by atoms with Crippen molar-refractivity contribution in [2.45, 2.75) is 38.6 Å². The Bertz CT molecular complexity index is 1370. The van der Waals surface area contributed by atoms with Gasteiger partial charge >= 0.3 is 5.69 Å². The van der Waals surface area contributed by atoms with Crippen LogP contribution >= 0.6 is 0 Å². The second kappa shape index (κ2) is 7.92. The van der Waals surface area contributed by atoms with Crippen molar-refractivity contribution in [3.05, 3.63) is 70.5 Å². The Labute approximate surface area is 183 Å². The van der Waals surface area contributed by atoms with Crippen molar-refractivity contribution >= 4 is 28.7 Å². The van der Waals surface area contributed by atoms with Gasteiger partial charge in [0.15, 0.2) is 11.5 Å². The minimum atomic E-state index is -0.279. The van der Waals surface area contributed by atoms with E-state index in [1.807, 2.05) is 13.0 Å². The van der Waals surface area contributed by atoms with Gasteiger partial charge in [-0.15, -0.1) is 0 Å². The zero-order valence-electron chi connectivity index (χ0n) is 17.7. The predicted molar refractivity (Wildman–Crippen MR) is 122 cm³/mol. The van der Waals surface area contributed by atoms with Gasteiger partial charge in [-0.1, -0.05) is 12.8 Å². The number of nitrogens with zero attached hydrogens (tertiary/aromatic N) is 5. The molecule has 3 N–H and O–H groups in total. The molecular formula is C23H23N7O2. The molecule has 32 heavy (non-hydrogen) atoms. The van der Waals surface area contributed by atoms with Crippen LogP contribution < -0.4 is 16.7 Å². The van der Waals surface area contributed by atoms with Crippen LogP contribution in [0.2, 0.25) is 0 Å². The number of hydrogen-bond acceptors (Lipinski definition) is 6. The second-order valence-corrected chi connectivity index (χ2v) is 8.08. The lowest BCUT2D eigenvalue weighted by molar-refractivity contribution is 0.102. The van der Waals surface area contributed by atoms with E-state index < -0.39 is 0 Å². The van der Waals surface area contributed by atoms with Gasteiger partial charge in [-0.25, -0.2) is 19.7 Å². The Kier molecular flexibility index (Phi) is 4.93. The Morgan fingerprint density at radius 1 is 1.09 bits per heavy atom. The van der Waals surface area contributed by atoms with E-state index in [1.165, 1.54) is 10.9 Å². The molecule has 1 saturated carbocycles. The van der Waals surface area contributed by atoms with E-state index >= 15 is 0 Å². The molecule has 0 radical (unpaired) electrons. The number of nitrogens with two attached hydrogens (primary N) is 1. The van der Waals surface area contributed by atoms with Gasteiger partial charge in [-0.3, -0.25) is 13.9 Å². The molecule has 0 saturated heterocycles. The highest BCUT2D eigenvalue weighted by Gasteiger charge is 2.26. The molecule has 0 unspecified atom stereocenters. The second-order valence-electron chi connectivity index (χ2n) is 8.08. The van der Waals surface area contributed by atoms with Gasteiger partial charge in [0.05, 0.1) is 5.69 Å². The van der Waals surface area contributed by atoms with E-state index in [0.717, 1.165) is 31.2 Å². The number of aromatic nitrogens is 5. The fraction of sp³-hybridized carbons (Fsp3) is 0.261. The van der Waals surface area contributed by atoms with Crippen LogP contribution in [-0.4, -0.2) is 30.0 Å². The number of rotatable bonds is 4. The van der Waals surface area contributed by atoms with E-state index in [9.17, 15) is 9.59 Å². The molecule has 1 aromatic carbocycles. The minimum absolute atomic E-state index is 0.104. The zero-order chi connectivity index (χ0) is 22.2. The summed E-state index contributed by atoms with van der Waals surface area (Å²) < 4.78 is 3.27. The average Bonchev–Trinajstić information content (AvgIpc) is 3.40. The normalized spacial score (nSPS) is 14.2. The Morgan fingerprint density at radius 2 is 1.84 bits per heavy atom. The number of nitrogens with one attached hydrogen (secondary N) is 1. The van der Waals surface area contributed by atoms with Crippen LogP contribution in [0.25, 0.3) is 16.9 Å². The summed E-state index contributed by atoms with van der Waals surface area (Å²) in [6.45, 7) is 1.93. The summed E-state index contributed by atoms with van der Waals surface area (Å²) >= 11 is 0. The Morgan fingerprint density at radius 3 is 2.56 bits per heavy atom. The van der Waals surface area contributed by atoms with Crippen molar-refractivity contribution in [3.63, 3.8) is 0 Å². The maximum Gasteiger partial charge on any atom is 0.335 e. The predicted octanol–water partition coefficient (Wildman–Crippen LogP) is 3.24. The number of hydrogen-bond donors (Lipinski definition) is 2. The molecule has 0 aliphatic heterocycles. The molecular weight excluding hydrogens is 406 g/mol. The number of aryl methyl sites for hydroxylation is 1. The van der Waals surface area contributed by atoms with E-state index in [0.29, 0.717) is 28.2 Å². The molecule has 162 valence electrons. The van der Waals surface area contributed by atoms with E-state index in [1.54, 1.807) is 41.1 Å². The first-order valence-corrected chi connectivity index (χ1v) is 10.6. The third-order valence-electron chi connectivity index (χ3n) is 5.92. The first-order chi connectivity index (χ1) is 15.5. The van der Waals surface area contributed by atoms with Gasteiger partial charge in [0.1, 0.15) is 17.7 Å². The maximum absolute atomic E-state index is 13.4. The van der Waals surface area contributed by atoms with E-state index in [4.69, 9.17) is 5.73 Å². The number of benzene rings is 1. The summed E-state index contributed by atoms with van der Waals surface area (Å²) in [5.74, 6) is 0.453. The monoisotopic (exact) mass is 429 g/mol. The highest BCUT2D eigenvalue weighted by Crippen LogP contribution is 2.32. The average molecular weight is 429 g/mol. The number of fused-ring (bicyclic) bond motifs is 1. The number of imidazole rings is 1. The smallest absolute Gasteiger partial charge is 0.335 e. The molecule has 0 atom stereocenters. The van der Waals surface area contributed by atoms with E-state index in [2.05, 4.69) is 20.3 Å². The van der Waals surface area contributed by atoms with Gasteiger partial charge in [-0.2, -0.15) is 0 Å². The fourth-order valence-electron chi connectivity index (χ4n) is 4.35. The molecule has 1 aliphatic carbocycles. The zero-order valence-corrected chi connectivity index (χ0v) is 17.7. The number of anilines is 2. The summed E-state index contributed by atoms with van der Waals surface area (Å²) in [6, 6.07) is 10.6. The lowest BCUT2D eigenvalue weighted by atomic mass is 10.2. The molecule has 1 aliphatic rings. The van der Waals surface area contributed by atoms with Gasteiger partial charge in [-0.05, 0) is 61.7 Å².